The van der Waals surface area contributed by atoms with Crippen molar-refractivity contribution in [2.75, 3.05) is 6.26 Å². The van der Waals surface area contributed by atoms with Crippen LogP contribution in [0, 0.1) is 0 Å². The number of hydrogen-bond donors (Lipinski definition) is 1. The Morgan fingerprint density at radius 1 is 1.05 bits per heavy atom. The summed E-state index contributed by atoms with van der Waals surface area (Å²) >= 11 is 3.52. The van der Waals surface area contributed by atoms with Crippen molar-refractivity contribution in [3.8, 4) is 0 Å². The molecule has 96 valence electrons. The fourth-order valence-electron chi connectivity index (χ4n) is 1.92. The van der Waals surface area contributed by atoms with Crippen molar-refractivity contribution in [1.29, 1.82) is 0 Å². The quantitative estimate of drug-likeness (QED) is 0.860. The van der Waals surface area contributed by atoms with Crippen molar-refractivity contribution in [2.24, 2.45) is 5.10 Å². The van der Waals surface area contributed by atoms with Gasteiger partial charge in [0.1, 0.15) is 10.4 Å². The van der Waals surface area contributed by atoms with Crippen molar-refractivity contribution in [1.82, 2.24) is 5.43 Å². The van der Waals surface area contributed by atoms with Crippen LogP contribution >= 0.6 is 23.5 Å². The molecule has 0 fully saturated rings. The van der Waals surface area contributed by atoms with E-state index in [1.54, 1.807) is 23.5 Å². The fraction of sp³-hybridized carbons (Fsp3) is 0.133. The van der Waals surface area contributed by atoms with Gasteiger partial charge in [-0.25, -0.2) is 0 Å². The summed E-state index contributed by atoms with van der Waals surface area (Å²) in [5.41, 5.74) is 5.63. The standard InChI is InChI=1S/C15H14N2S2/c1-18-13-9-7-12(8-10-13)15-17-16-14(19-15)11-5-3-2-4-6-11/h2-10,14,16H,1H3. The van der Waals surface area contributed by atoms with E-state index < -0.39 is 0 Å². The zero-order valence-electron chi connectivity index (χ0n) is 10.5. The van der Waals surface area contributed by atoms with Gasteiger partial charge in [0, 0.05) is 10.5 Å². The number of nitrogens with zero attached hydrogens (tertiary/aromatic N) is 1. The van der Waals surface area contributed by atoms with Gasteiger partial charge in [0.2, 0.25) is 0 Å². The molecule has 1 unspecified atom stereocenters. The monoisotopic (exact) mass is 286 g/mol. The topological polar surface area (TPSA) is 24.4 Å². The molecule has 2 nitrogen and oxygen atoms in total. The molecule has 1 aliphatic heterocycles. The summed E-state index contributed by atoms with van der Waals surface area (Å²) in [6, 6.07) is 18.9. The number of thioether (sulfide) groups is 2. The Labute approximate surface area is 121 Å². The highest BCUT2D eigenvalue weighted by Crippen LogP contribution is 2.34. The molecule has 2 aromatic carbocycles. The van der Waals surface area contributed by atoms with E-state index in [1.165, 1.54) is 16.0 Å². The summed E-state index contributed by atoms with van der Waals surface area (Å²) in [5.74, 6) is 0. The van der Waals surface area contributed by atoms with Crippen molar-refractivity contribution in [3.63, 3.8) is 0 Å². The van der Waals surface area contributed by atoms with Crippen molar-refractivity contribution in [2.45, 2.75) is 10.3 Å². The molecular formula is C15H14N2S2. The van der Waals surface area contributed by atoms with Gasteiger partial charge in [0.15, 0.2) is 0 Å². The number of hydrogen-bond acceptors (Lipinski definition) is 4. The van der Waals surface area contributed by atoms with E-state index in [0.29, 0.717) is 0 Å². The third kappa shape index (κ3) is 2.80. The molecule has 0 aliphatic carbocycles. The average Bonchev–Trinajstić information content (AvgIpc) is 2.98. The maximum atomic E-state index is 4.44. The molecule has 0 amide bonds. The second-order valence-electron chi connectivity index (χ2n) is 4.18. The molecule has 3 rings (SSSR count). The van der Waals surface area contributed by atoms with Gasteiger partial charge in [0.25, 0.3) is 0 Å². The molecule has 1 N–H and O–H groups in total. The Hall–Kier alpha value is -1.39. The molecule has 0 saturated heterocycles. The second-order valence-corrected chi connectivity index (χ2v) is 6.16. The molecule has 19 heavy (non-hydrogen) atoms. The normalized spacial score (nSPS) is 17.9. The zero-order chi connectivity index (χ0) is 13.1. The summed E-state index contributed by atoms with van der Waals surface area (Å²) in [4.78, 5) is 1.28. The van der Waals surface area contributed by atoms with E-state index in [-0.39, 0.29) is 5.37 Å². The number of rotatable bonds is 3. The lowest BCUT2D eigenvalue weighted by Crippen LogP contribution is -2.05. The molecule has 0 spiro atoms. The first-order chi connectivity index (χ1) is 9.36. The van der Waals surface area contributed by atoms with Crippen LogP contribution in [0.25, 0.3) is 0 Å². The van der Waals surface area contributed by atoms with Gasteiger partial charge >= 0.3 is 0 Å². The van der Waals surface area contributed by atoms with Crippen molar-refractivity contribution in [3.05, 3.63) is 65.7 Å². The Morgan fingerprint density at radius 2 is 1.79 bits per heavy atom. The summed E-state index contributed by atoms with van der Waals surface area (Å²) < 4.78 is 0. The summed E-state index contributed by atoms with van der Waals surface area (Å²) in [6.07, 6.45) is 2.09. The van der Waals surface area contributed by atoms with Gasteiger partial charge in [-0.2, -0.15) is 5.10 Å². The summed E-state index contributed by atoms with van der Waals surface area (Å²) in [6.45, 7) is 0. The number of benzene rings is 2. The van der Waals surface area contributed by atoms with Crippen LogP contribution in [0.3, 0.4) is 0 Å². The lowest BCUT2D eigenvalue weighted by molar-refractivity contribution is 0.744. The van der Waals surface area contributed by atoms with E-state index in [1.807, 2.05) is 6.07 Å². The van der Waals surface area contributed by atoms with Crippen LogP contribution in [0.2, 0.25) is 0 Å². The van der Waals surface area contributed by atoms with Gasteiger partial charge in [-0.05, 0) is 24.0 Å². The Morgan fingerprint density at radius 3 is 2.47 bits per heavy atom. The zero-order valence-corrected chi connectivity index (χ0v) is 12.2. The van der Waals surface area contributed by atoms with E-state index in [2.05, 4.69) is 65.3 Å². The minimum atomic E-state index is 0.219. The average molecular weight is 286 g/mol. The number of nitrogens with one attached hydrogen (secondary N) is 1. The fourth-order valence-corrected chi connectivity index (χ4v) is 3.33. The molecule has 0 saturated carbocycles. The second kappa shape index (κ2) is 5.72. The van der Waals surface area contributed by atoms with Crippen LogP contribution in [0.5, 0.6) is 0 Å². The molecule has 1 atom stereocenters. The molecule has 2 aromatic rings. The molecular weight excluding hydrogens is 272 g/mol. The Bertz CT molecular complexity index is 579. The van der Waals surface area contributed by atoms with Gasteiger partial charge < -0.3 is 0 Å². The van der Waals surface area contributed by atoms with Gasteiger partial charge in [-0.1, -0.05) is 54.2 Å². The highest BCUT2D eigenvalue weighted by molar-refractivity contribution is 8.14. The Kier molecular flexibility index (Phi) is 3.80. The van der Waals surface area contributed by atoms with Crippen LogP contribution in [0.15, 0.2) is 64.6 Å². The van der Waals surface area contributed by atoms with E-state index >= 15 is 0 Å². The van der Waals surface area contributed by atoms with Crippen LogP contribution < -0.4 is 5.43 Å². The molecule has 0 aromatic heterocycles. The van der Waals surface area contributed by atoms with Gasteiger partial charge in [-0.3, -0.25) is 5.43 Å². The third-order valence-corrected chi connectivity index (χ3v) is 4.86. The van der Waals surface area contributed by atoms with Crippen LogP contribution in [0.1, 0.15) is 16.5 Å². The van der Waals surface area contributed by atoms with E-state index in [4.69, 9.17) is 0 Å². The minimum absolute atomic E-state index is 0.219. The molecule has 1 aliphatic rings. The maximum Gasteiger partial charge on any atom is 0.126 e. The molecule has 1 heterocycles. The van der Waals surface area contributed by atoms with E-state index in [0.717, 1.165) is 5.04 Å². The first-order valence-electron chi connectivity index (χ1n) is 6.06. The summed E-state index contributed by atoms with van der Waals surface area (Å²) in [7, 11) is 0. The predicted molar refractivity (Wildman–Crippen MR) is 84.7 cm³/mol. The lowest BCUT2D eigenvalue weighted by Gasteiger charge is -2.08. The van der Waals surface area contributed by atoms with Crippen LogP contribution in [0.4, 0.5) is 0 Å². The maximum absolute atomic E-state index is 4.44. The van der Waals surface area contributed by atoms with Crippen molar-refractivity contribution < 1.29 is 0 Å². The van der Waals surface area contributed by atoms with Gasteiger partial charge in [0.05, 0.1) is 0 Å². The summed E-state index contributed by atoms with van der Waals surface area (Å²) in [5, 5.41) is 5.72. The SMILES string of the molecule is CSc1ccc(C2=NNC(c3ccccc3)S2)cc1. The van der Waals surface area contributed by atoms with Crippen molar-refractivity contribution >= 4 is 28.6 Å². The number of hydrazone groups is 1. The first-order valence-corrected chi connectivity index (χ1v) is 8.16. The first kappa shape index (κ1) is 12.6. The third-order valence-electron chi connectivity index (χ3n) is 2.95. The highest BCUT2D eigenvalue weighted by atomic mass is 32.2. The molecule has 0 radical (unpaired) electrons. The Balaban J connectivity index is 1.74. The van der Waals surface area contributed by atoms with Crippen LogP contribution in [-0.2, 0) is 0 Å². The predicted octanol–water partition coefficient (Wildman–Crippen LogP) is 4.11. The largest absolute Gasteiger partial charge is 0.291 e. The highest BCUT2D eigenvalue weighted by Gasteiger charge is 2.21. The lowest BCUT2D eigenvalue weighted by atomic mass is 10.2. The smallest absolute Gasteiger partial charge is 0.126 e. The molecule has 4 heteroatoms. The molecule has 0 bridgehead atoms. The van der Waals surface area contributed by atoms with Gasteiger partial charge in [-0.15, -0.1) is 11.8 Å². The minimum Gasteiger partial charge on any atom is -0.291 e. The van der Waals surface area contributed by atoms with E-state index in [9.17, 15) is 0 Å². The van der Waals surface area contributed by atoms with Crippen LogP contribution in [-0.4, -0.2) is 11.3 Å².